The van der Waals surface area contributed by atoms with E-state index in [-0.39, 0.29) is 0 Å². The highest BCUT2D eigenvalue weighted by Gasteiger charge is 2.25. The standard InChI is InChI=1S/C18H18N2/c19-13-15-6-4-7-16(12-15)14-20-11-5-10-18(20)17-8-2-1-3-9-17/h1-4,6-9,12,18H,5,10-11,14H2. The number of benzene rings is 2. The van der Waals surface area contributed by atoms with Crippen LogP contribution < -0.4 is 0 Å². The number of nitriles is 1. The van der Waals surface area contributed by atoms with E-state index in [9.17, 15) is 0 Å². The highest BCUT2D eigenvalue weighted by Crippen LogP contribution is 2.32. The molecule has 0 amide bonds. The second-order valence-electron chi connectivity index (χ2n) is 5.35. The van der Waals surface area contributed by atoms with Gasteiger partial charge >= 0.3 is 0 Å². The van der Waals surface area contributed by atoms with Crippen LogP contribution in [-0.4, -0.2) is 11.4 Å². The fraction of sp³-hybridized carbons (Fsp3) is 0.278. The maximum Gasteiger partial charge on any atom is 0.0991 e. The molecule has 2 nitrogen and oxygen atoms in total. The van der Waals surface area contributed by atoms with Gasteiger partial charge in [0.1, 0.15) is 0 Å². The quantitative estimate of drug-likeness (QED) is 0.839. The largest absolute Gasteiger partial charge is 0.292 e. The summed E-state index contributed by atoms with van der Waals surface area (Å²) in [6.07, 6.45) is 2.47. The van der Waals surface area contributed by atoms with E-state index < -0.39 is 0 Å². The molecule has 3 rings (SSSR count). The van der Waals surface area contributed by atoms with Crippen molar-refractivity contribution in [1.82, 2.24) is 4.90 Å². The average Bonchev–Trinajstić information content (AvgIpc) is 2.96. The molecule has 0 saturated carbocycles. The SMILES string of the molecule is N#Cc1cccc(CN2CCCC2c2ccccc2)c1. The van der Waals surface area contributed by atoms with E-state index in [1.807, 2.05) is 18.2 Å². The van der Waals surface area contributed by atoms with Gasteiger partial charge in [-0.05, 0) is 42.6 Å². The third-order valence-corrected chi connectivity index (χ3v) is 3.99. The summed E-state index contributed by atoms with van der Waals surface area (Å²) in [4.78, 5) is 2.52. The van der Waals surface area contributed by atoms with Gasteiger partial charge in [0.15, 0.2) is 0 Å². The van der Waals surface area contributed by atoms with Crippen molar-refractivity contribution in [3.05, 3.63) is 71.3 Å². The maximum atomic E-state index is 8.99. The van der Waals surface area contributed by atoms with Crippen molar-refractivity contribution in [1.29, 1.82) is 5.26 Å². The van der Waals surface area contributed by atoms with Crippen molar-refractivity contribution in [3.63, 3.8) is 0 Å². The smallest absolute Gasteiger partial charge is 0.0991 e. The number of hydrogen-bond donors (Lipinski definition) is 0. The first-order valence-corrected chi connectivity index (χ1v) is 7.15. The first-order chi connectivity index (χ1) is 9.86. The number of rotatable bonds is 3. The molecule has 1 unspecified atom stereocenters. The number of hydrogen-bond acceptors (Lipinski definition) is 2. The van der Waals surface area contributed by atoms with Crippen LogP contribution in [0, 0.1) is 11.3 Å². The highest BCUT2D eigenvalue weighted by molar-refractivity contribution is 5.33. The van der Waals surface area contributed by atoms with E-state index >= 15 is 0 Å². The van der Waals surface area contributed by atoms with E-state index in [1.54, 1.807) is 0 Å². The van der Waals surface area contributed by atoms with Crippen molar-refractivity contribution in [2.45, 2.75) is 25.4 Å². The normalized spacial score (nSPS) is 18.9. The number of nitrogens with zero attached hydrogens (tertiary/aromatic N) is 2. The van der Waals surface area contributed by atoms with Crippen molar-refractivity contribution in [2.24, 2.45) is 0 Å². The lowest BCUT2D eigenvalue weighted by Crippen LogP contribution is -2.22. The molecular formula is C18H18N2. The Balaban J connectivity index is 1.78. The molecule has 0 aromatic heterocycles. The molecule has 0 bridgehead atoms. The molecule has 2 aromatic carbocycles. The Morgan fingerprint density at radius 3 is 2.75 bits per heavy atom. The molecule has 1 fully saturated rings. The summed E-state index contributed by atoms with van der Waals surface area (Å²) in [5.41, 5.74) is 3.38. The molecule has 1 aliphatic rings. The van der Waals surface area contributed by atoms with Gasteiger partial charge in [-0.3, -0.25) is 4.90 Å². The summed E-state index contributed by atoms with van der Waals surface area (Å²) in [5.74, 6) is 0. The lowest BCUT2D eigenvalue weighted by molar-refractivity contribution is 0.248. The van der Waals surface area contributed by atoms with Gasteiger partial charge in [-0.15, -0.1) is 0 Å². The molecule has 1 aliphatic heterocycles. The molecule has 1 atom stereocenters. The molecule has 0 radical (unpaired) electrons. The predicted octanol–water partition coefficient (Wildman–Crippen LogP) is 3.90. The molecule has 2 heteroatoms. The lowest BCUT2D eigenvalue weighted by Gasteiger charge is -2.25. The summed E-state index contributed by atoms with van der Waals surface area (Å²) in [5, 5.41) is 8.99. The van der Waals surface area contributed by atoms with E-state index in [2.05, 4.69) is 47.4 Å². The van der Waals surface area contributed by atoms with Crippen LogP contribution in [0.4, 0.5) is 0 Å². The fourth-order valence-corrected chi connectivity index (χ4v) is 3.04. The Kier molecular flexibility index (Phi) is 3.80. The lowest BCUT2D eigenvalue weighted by atomic mass is 10.0. The first kappa shape index (κ1) is 12.9. The van der Waals surface area contributed by atoms with Crippen LogP contribution in [0.5, 0.6) is 0 Å². The van der Waals surface area contributed by atoms with Crippen LogP contribution >= 0.6 is 0 Å². The van der Waals surface area contributed by atoms with Crippen LogP contribution in [0.25, 0.3) is 0 Å². The molecule has 0 aliphatic carbocycles. The Bertz CT molecular complexity index is 613. The highest BCUT2D eigenvalue weighted by atomic mass is 15.2. The summed E-state index contributed by atoms with van der Waals surface area (Å²) in [6.45, 7) is 2.06. The fourth-order valence-electron chi connectivity index (χ4n) is 3.04. The third-order valence-electron chi connectivity index (χ3n) is 3.99. The molecule has 0 N–H and O–H groups in total. The zero-order chi connectivity index (χ0) is 13.8. The van der Waals surface area contributed by atoms with Gasteiger partial charge in [-0.25, -0.2) is 0 Å². The number of likely N-dealkylation sites (tertiary alicyclic amines) is 1. The summed E-state index contributed by atoms with van der Waals surface area (Å²) < 4.78 is 0. The van der Waals surface area contributed by atoms with E-state index in [0.717, 1.165) is 18.7 Å². The summed E-state index contributed by atoms with van der Waals surface area (Å²) in [7, 11) is 0. The van der Waals surface area contributed by atoms with Gasteiger partial charge in [0.2, 0.25) is 0 Å². The zero-order valence-corrected chi connectivity index (χ0v) is 11.5. The Morgan fingerprint density at radius 1 is 1.10 bits per heavy atom. The van der Waals surface area contributed by atoms with Gasteiger partial charge in [-0.2, -0.15) is 5.26 Å². The molecule has 2 aromatic rings. The van der Waals surface area contributed by atoms with Crippen molar-refractivity contribution >= 4 is 0 Å². The topological polar surface area (TPSA) is 27.0 Å². The summed E-state index contributed by atoms with van der Waals surface area (Å²) in [6, 6.07) is 21.4. The molecule has 100 valence electrons. The Morgan fingerprint density at radius 2 is 1.95 bits per heavy atom. The minimum absolute atomic E-state index is 0.516. The zero-order valence-electron chi connectivity index (χ0n) is 11.5. The van der Waals surface area contributed by atoms with E-state index in [4.69, 9.17) is 5.26 Å². The molecule has 20 heavy (non-hydrogen) atoms. The second-order valence-corrected chi connectivity index (χ2v) is 5.35. The van der Waals surface area contributed by atoms with Crippen LogP contribution in [-0.2, 0) is 6.54 Å². The Hall–Kier alpha value is -2.11. The van der Waals surface area contributed by atoms with Gasteiger partial charge < -0.3 is 0 Å². The monoisotopic (exact) mass is 262 g/mol. The molecule has 1 heterocycles. The van der Waals surface area contributed by atoms with Gasteiger partial charge in [0.25, 0.3) is 0 Å². The average molecular weight is 262 g/mol. The van der Waals surface area contributed by atoms with E-state index in [1.165, 1.54) is 24.0 Å². The van der Waals surface area contributed by atoms with Gasteiger partial charge in [0.05, 0.1) is 11.6 Å². The van der Waals surface area contributed by atoms with Crippen molar-refractivity contribution in [3.8, 4) is 6.07 Å². The van der Waals surface area contributed by atoms with Crippen LogP contribution in [0.2, 0.25) is 0 Å². The minimum atomic E-state index is 0.516. The van der Waals surface area contributed by atoms with Crippen molar-refractivity contribution in [2.75, 3.05) is 6.54 Å². The van der Waals surface area contributed by atoms with Crippen molar-refractivity contribution < 1.29 is 0 Å². The predicted molar refractivity (Wildman–Crippen MR) is 80.0 cm³/mol. The Labute approximate surface area is 120 Å². The molecule has 0 spiro atoms. The van der Waals surface area contributed by atoms with Crippen LogP contribution in [0.15, 0.2) is 54.6 Å². The van der Waals surface area contributed by atoms with Gasteiger partial charge in [-0.1, -0.05) is 42.5 Å². The first-order valence-electron chi connectivity index (χ1n) is 7.15. The third kappa shape index (κ3) is 2.74. The van der Waals surface area contributed by atoms with Crippen LogP contribution in [0.1, 0.15) is 35.6 Å². The minimum Gasteiger partial charge on any atom is -0.292 e. The van der Waals surface area contributed by atoms with Gasteiger partial charge in [0, 0.05) is 12.6 Å². The maximum absolute atomic E-state index is 8.99. The second kappa shape index (κ2) is 5.90. The molecular weight excluding hydrogens is 244 g/mol. The summed E-state index contributed by atoms with van der Waals surface area (Å²) >= 11 is 0. The van der Waals surface area contributed by atoms with E-state index in [0.29, 0.717) is 6.04 Å². The van der Waals surface area contributed by atoms with Crippen LogP contribution in [0.3, 0.4) is 0 Å². The molecule has 1 saturated heterocycles.